The van der Waals surface area contributed by atoms with Crippen molar-refractivity contribution in [3.63, 3.8) is 0 Å². The number of hydrogen-bond donors (Lipinski definition) is 1. The number of rotatable bonds is 7. The molecule has 0 saturated carbocycles. The van der Waals surface area contributed by atoms with Gasteiger partial charge in [-0.2, -0.15) is 0 Å². The Morgan fingerprint density at radius 1 is 1.06 bits per heavy atom. The summed E-state index contributed by atoms with van der Waals surface area (Å²) >= 11 is 1.32. The SMILES string of the molecule is CCOC(=O)c1c(-c2ccc(C)cc2)csc1NC(=O)C=Cc1ccc(C(C)C)cc1. The molecule has 5 heteroatoms. The van der Waals surface area contributed by atoms with Crippen LogP contribution in [0, 0.1) is 6.92 Å². The molecule has 2 aromatic carbocycles. The Morgan fingerprint density at radius 3 is 2.35 bits per heavy atom. The van der Waals surface area contributed by atoms with Gasteiger partial charge in [-0.1, -0.05) is 67.9 Å². The average Bonchev–Trinajstić information content (AvgIpc) is 3.16. The summed E-state index contributed by atoms with van der Waals surface area (Å²) in [7, 11) is 0. The van der Waals surface area contributed by atoms with Crippen LogP contribution in [0.2, 0.25) is 0 Å². The second-order valence-corrected chi connectivity index (χ2v) is 8.46. The Kier molecular flexibility index (Phi) is 7.42. The fraction of sp³-hybridized carbons (Fsp3) is 0.231. The van der Waals surface area contributed by atoms with Gasteiger partial charge in [0.2, 0.25) is 5.91 Å². The van der Waals surface area contributed by atoms with Crippen molar-refractivity contribution < 1.29 is 14.3 Å². The Bertz CT molecular complexity index is 1080. The van der Waals surface area contributed by atoms with Crippen LogP contribution in [-0.2, 0) is 9.53 Å². The summed E-state index contributed by atoms with van der Waals surface area (Å²) in [5, 5.41) is 5.20. The minimum atomic E-state index is -0.442. The maximum atomic E-state index is 12.7. The number of ether oxygens (including phenoxy) is 1. The topological polar surface area (TPSA) is 55.4 Å². The summed E-state index contributed by atoms with van der Waals surface area (Å²) in [5.41, 5.74) is 5.38. The number of esters is 1. The molecule has 1 aromatic heterocycles. The quantitative estimate of drug-likeness (QED) is 0.334. The molecule has 0 fully saturated rings. The van der Waals surface area contributed by atoms with Crippen LogP contribution in [0.4, 0.5) is 5.00 Å². The molecule has 3 rings (SSSR count). The molecule has 0 aliphatic heterocycles. The molecule has 31 heavy (non-hydrogen) atoms. The van der Waals surface area contributed by atoms with Crippen molar-refractivity contribution >= 4 is 34.3 Å². The number of aryl methyl sites for hydroxylation is 1. The number of amides is 1. The normalized spacial score (nSPS) is 11.1. The lowest BCUT2D eigenvalue weighted by Gasteiger charge is -2.08. The fourth-order valence-electron chi connectivity index (χ4n) is 3.12. The zero-order valence-corrected chi connectivity index (χ0v) is 19.1. The van der Waals surface area contributed by atoms with E-state index in [1.54, 1.807) is 13.0 Å². The van der Waals surface area contributed by atoms with Gasteiger partial charge < -0.3 is 10.1 Å². The average molecular weight is 434 g/mol. The van der Waals surface area contributed by atoms with E-state index in [1.165, 1.54) is 23.0 Å². The van der Waals surface area contributed by atoms with Crippen molar-refractivity contribution in [3.05, 3.63) is 82.2 Å². The lowest BCUT2D eigenvalue weighted by Crippen LogP contribution is -2.12. The van der Waals surface area contributed by atoms with Gasteiger partial charge in [-0.15, -0.1) is 11.3 Å². The van der Waals surface area contributed by atoms with Crippen LogP contribution in [-0.4, -0.2) is 18.5 Å². The molecule has 3 aromatic rings. The van der Waals surface area contributed by atoms with Crippen molar-refractivity contribution in [1.29, 1.82) is 0 Å². The van der Waals surface area contributed by atoms with Crippen molar-refractivity contribution in [2.75, 3.05) is 11.9 Å². The molecule has 0 aliphatic carbocycles. The molecule has 160 valence electrons. The molecule has 4 nitrogen and oxygen atoms in total. The van der Waals surface area contributed by atoms with Crippen molar-refractivity contribution in [2.24, 2.45) is 0 Å². The summed E-state index contributed by atoms with van der Waals surface area (Å²) in [6, 6.07) is 16.0. The lowest BCUT2D eigenvalue weighted by atomic mass is 10.0. The van der Waals surface area contributed by atoms with Crippen LogP contribution in [0.15, 0.2) is 60.0 Å². The molecule has 1 N–H and O–H groups in total. The highest BCUT2D eigenvalue weighted by atomic mass is 32.1. The molecule has 0 bridgehead atoms. The lowest BCUT2D eigenvalue weighted by molar-refractivity contribution is -0.111. The van der Waals surface area contributed by atoms with Gasteiger partial charge in [0.05, 0.1) is 6.61 Å². The van der Waals surface area contributed by atoms with Crippen molar-refractivity contribution in [2.45, 2.75) is 33.6 Å². The Morgan fingerprint density at radius 2 is 1.74 bits per heavy atom. The van der Waals surface area contributed by atoms with E-state index in [4.69, 9.17) is 4.74 Å². The van der Waals surface area contributed by atoms with Crippen LogP contribution in [0.3, 0.4) is 0 Å². The highest BCUT2D eigenvalue weighted by molar-refractivity contribution is 7.15. The molecule has 0 unspecified atom stereocenters. The van der Waals surface area contributed by atoms with Crippen LogP contribution in [0.1, 0.15) is 53.7 Å². The summed E-state index contributed by atoms with van der Waals surface area (Å²) in [4.78, 5) is 25.2. The number of anilines is 1. The summed E-state index contributed by atoms with van der Waals surface area (Å²) in [6.07, 6.45) is 3.24. The van der Waals surface area contributed by atoms with Gasteiger partial charge in [-0.05, 0) is 42.5 Å². The van der Waals surface area contributed by atoms with Crippen LogP contribution >= 0.6 is 11.3 Å². The van der Waals surface area contributed by atoms with Gasteiger partial charge in [-0.25, -0.2) is 4.79 Å². The monoisotopic (exact) mass is 433 g/mol. The molecule has 1 amide bonds. The van der Waals surface area contributed by atoms with Gasteiger partial charge in [-0.3, -0.25) is 4.79 Å². The van der Waals surface area contributed by atoms with E-state index in [-0.39, 0.29) is 12.5 Å². The van der Waals surface area contributed by atoms with Crippen LogP contribution < -0.4 is 5.32 Å². The maximum absolute atomic E-state index is 12.7. The van der Waals surface area contributed by atoms with E-state index in [2.05, 4.69) is 31.3 Å². The first-order valence-electron chi connectivity index (χ1n) is 10.3. The third-order valence-corrected chi connectivity index (χ3v) is 5.80. The first-order valence-corrected chi connectivity index (χ1v) is 11.2. The predicted octanol–water partition coefficient (Wildman–Crippen LogP) is 6.68. The number of carbonyl (C=O) groups is 2. The molecule has 0 aliphatic rings. The van der Waals surface area contributed by atoms with Gasteiger partial charge in [0.1, 0.15) is 10.6 Å². The van der Waals surface area contributed by atoms with E-state index >= 15 is 0 Å². The summed E-state index contributed by atoms with van der Waals surface area (Å²) in [5.74, 6) is -0.275. The zero-order chi connectivity index (χ0) is 22.4. The molecule has 0 saturated heterocycles. The molecule has 0 atom stereocenters. The predicted molar refractivity (Wildman–Crippen MR) is 129 cm³/mol. The van der Waals surface area contributed by atoms with Gasteiger partial charge >= 0.3 is 5.97 Å². The minimum absolute atomic E-state index is 0.266. The largest absolute Gasteiger partial charge is 0.462 e. The molecule has 1 heterocycles. The highest BCUT2D eigenvalue weighted by Gasteiger charge is 2.22. The number of thiophene rings is 1. The number of benzene rings is 2. The number of nitrogens with one attached hydrogen (secondary N) is 1. The Balaban J connectivity index is 1.82. The summed E-state index contributed by atoms with van der Waals surface area (Å²) < 4.78 is 5.25. The molecule has 0 spiro atoms. The van der Waals surface area contributed by atoms with Crippen LogP contribution in [0.25, 0.3) is 17.2 Å². The van der Waals surface area contributed by atoms with E-state index in [9.17, 15) is 9.59 Å². The fourth-order valence-corrected chi connectivity index (χ4v) is 4.08. The highest BCUT2D eigenvalue weighted by Crippen LogP contribution is 2.36. The second-order valence-electron chi connectivity index (χ2n) is 7.58. The van der Waals surface area contributed by atoms with E-state index < -0.39 is 5.97 Å². The van der Waals surface area contributed by atoms with Crippen molar-refractivity contribution in [3.8, 4) is 11.1 Å². The van der Waals surface area contributed by atoms with Crippen molar-refractivity contribution in [1.82, 2.24) is 0 Å². The standard InChI is InChI=1S/C26H27NO3S/c1-5-30-26(29)24-22(21-11-6-18(4)7-12-21)16-31-25(24)27-23(28)15-10-19-8-13-20(14-9-19)17(2)3/h6-17H,5H2,1-4H3,(H,27,28). The third-order valence-electron chi connectivity index (χ3n) is 4.90. The molecular weight excluding hydrogens is 406 g/mol. The first kappa shape index (κ1) is 22.5. The Hall–Kier alpha value is -3.18. The maximum Gasteiger partial charge on any atom is 0.341 e. The number of carbonyl (C=O) groups excluding carboxylic acids is 2. The van der Waals surface area contributed by atoms with Gasteiger partial charge in [0.15, 0.2) is 0 Å². The van der Waals surface area contributed by atoms with Crippen LogP contribution in [0.5, 0.6) is 0 Å². The smallest absolute Gasteiger partial charge is 0.341 e. The minimum Gasteiger partial charge on any atom is -0.462 e. The Labute approximate surface area is 187 Å². The third kappa shape index (κ3) is 5.70. The van der Waals surface area contributed by atoms with Gasteiger partial charge in [0.25, 0.3) is 0 Å². The second kappa shape index (κ2) is 10.2. The van der Waals surface area contributed by atoms with E-state index in [0.29, 0.717) is 16.5 Å². The first-order chi connectivity index (χ1) is 14.9. The van der Waals surface area contributed by atoms with E-state index in [0.717, 1.165) is 22.3 Å². The number of hydrogen-bond acceptors (Lipinski definition) is 4. The molecule has 0 radical (unpaired) electrons. The summed E-state index contributed by atoms with van der Waals surface area (Å²) in [6.45, 7) is 8.33. The van der Waals surface area contributed by atoms with E-state index in [1.807, 2.05) is 48.7 Å². The molecular formula is C26H27NO3S. The zero-order valence-electron chi connectivity index (χ0n) is 18.3. The van der Waals surface area contributed by atoms with Gasteiger partial charge in [0, 0.05) is 17.0 Å².